The van der Waals surface area contributed by atoms with Crippen LogP contribution in [0.5, 0.6) is 0 Å². The van der Waals surface area contributed by atoms with E-state index in [1.54, 1.807) is 6.07 Å². The zero-order chi connectivity index (χ0) is 13.8. The summed E-state index contributed by atoms with van der Waals surface area (Å²) in [5.41, 5.74) is 2.70. The Kier molecular flexibility index (Phi) is 4.99. The van der Waals surface area contributed by atoms with Crippen LogP contribution in [0, 0.1) is 0 Å². The maximum absolute atomic E-state index is 10.0. The predicted molar refractivity (Wildman–Crippen MR) is 81.6 cm³/mol. The fourth-order valence-electron chi connectivity index (χ4n) is 1.85. The molecule has 2 rings (SSSR count). The predicted octanol–water partition coefficient (Wildman–Crippen LogP) is 3.80. The molecule has 2 aromatic carbocycles. The van der Waals surface area contributed by atoms with E-state index < -0.39 is 12.2 Å². The van der Waals surface area contributed by atoms with Crippen LogP contribution >= 0.6 is 27.5 Å². The van der Waals surface area contributed by atoms with E-state index in [0.717, 1.165) is 11.1 Å². The number of halogens is 2. The molecular weight excluding hydrogens is 328 g/mol. The fraction of sp³-hybridized carbons (Fsp3) is 0.200. The van der Waals surface area contributed by atoms with Crippen LogP contribution < -0.4 is 0 Å². The lowest BCUT2D eigenvalue weighted by molar-refractivity contribution is 0.0343. The Morgan fingerprint density at radius 1 is 1.00 bits per heavy atom. The first-order chi connectivity index (χ1) is 9.11. The van der Waals surface area contributed by atoms with Crippen molar-refractivity contribution in [3.8, 4) is 11.1 Å². The third kappa shape index (κ3) is 3.57. The third-order valence-corrected chi connectivity index (χ3v) is 3.84. The van der Waals surface area contributed by atoms with Gasteiger partial charge in [0.25, 0.3) is 0 Å². The van der Waals surface area contributed by atoms with Gasteiger partial charge in [0.2, 0.25) is 0 Å². The summed E-state index contributed by atoms with van der Waals surface area (Å²) < 4.78 is 0. The zero-order valence-electron chi connectivity index (χ0n) is 10.1. The Hall–Kier alpha value is -0.870. The van der Waals surface area contributed by atoms with Crippen LogP contribution in [0.25, 0.3) is 11.1 Å². The van der Waals surface area contributed by atoms with Gasteiger partial charge in [0.1, 0.15) is 6.10 Å². The Morgan fingerprint density at radius 2 is 1.68 bits per heavy atom. The molecule has 2 atom stereocenters. The second-order valence-corrected chi connectivity index (χ2v) is 5.38. The number of benzene rings is 2. The first-order valence-electron chi connectivity index (χ1n) is 5.90. The molecule has 0 saturated carbocycles. The first-order valence-corrected chi connectivity index (χ1v) is 7.40. The second kappa shape index (κ2) is 6.53. The molecule has 0 aromatic heterocycles. The van der Waals surface area contributed by atoms with E-state index in [1.807, 2.05) is 42.5 Å². The molecular formula is C15H14BrClO2. The van der Waals surface area contributed by atoms with Crippen LogP contribution in [0.15, 0.2) is 48.5 Å². The molecule has 0 aliphatic rings. The summed E-state index contributed by atoms with van der Waals surface area (Å²) in [6, 6.07) is 15.0. The molecule has 2 aromatic rings. The number of alkyl halides is 1. The molecule has 0 spiro atoms. The minimum Gasteiger partial charge on any atom is -0.389 e. The van der Waals surface area contributed by atoms with Crippen LogP contribution in [0.4, 0.5) is 0 Å². The molecule has 4 heteroatoms. The molecule has 0 saturated heterocycles. The smallest absolute Gasteiger partial charge is 0.106 e. The molecule has 0 fully saturated rings. The summed E-state index contributed by atoms with van der Waals surface area (Å²) in [5.74, 6) is 0. The Balaban J connectivity index is 2.31. The number of aliphatic hydroxyl groups excluding tert-OH is 2. The van der Waals surface area contributed by atoms with Gasteiger partial charge in [-0.2, -0.15) is 0 Å². The first kappa shape index (κ1) is 14.5. The minimum atomic E-state index is -0.897. The molecule has 0 heterocycles. The summed E-state index contributed by atoms with van der Waals surface area (Å²) >= 11 is 9.02. The van der Waals surface area contributed by atoms with Crippen molar-refractivity contribution in [3.05, 3.63) is 59.1 Å². The van der Waals surface area contributed by atoms with Gasteiger partial charge in [0.05, 0.1) is 6.10 Å². The monoisotopic (exact) mass is 340 g/mol. The van der Waals surface area contributed by atoms with E-state index in [2.05, 4.69) is 15.9 Å². The Labute approximate surface area is 125 Å². The summed E-state index contributed by atoms with van der Waals surface area (Å²) in [7, 11) is 0. The molecule has 0 radical (unpaired) electrons. The molecule has 0 aliphatic heterocycles. The van der Waals surface area contributed by atoms with Gasteiger partial charge < -0.3 is 10.2 Å². The number of hydrogen-bond acceptors (Lipinski definition) is 2. The molecule has 100 valence electrons. The van der Waals surface area contributed by atoms with E-state index in [-0.39, 0.29) is 0 Å². The highest BCUT2D eigenvalue weighted by molar-refractivity contribution is 9.09. The van der Waals surface area contributed by atoms with E-state index in [4.69, 9.17) is 11.6 Å². The van der Waals surface area contributed by atoms with Crippen LogP contribution in [-0.2, 0) is 0 Å². The van der Waals surface area contributed by atoms with Crippen LogP contribution in [0.3, 0.4) is 0 Å². The Morgan fingerprint density at radius 3 is 2.32 bits per heavy atom. The zero-order valence-corrected chi connectivity index (χ0v) is 12.5. The average Bonchev–Trinajstić information content (AvgIpc) is 2.46. The standard InChI is InChI=1S/C15H14BrClO2/c16-9-14(18)15(19)12-3-1-2-11(8-12)10-4-6-13(17)7-5-10/h1-8,14-15,18-19H,9H2. The van der Waals surface area contributed by atoms with Gasteiger partial charge in [0, 0.05) is 10.4 Å². The highest BCUT2D eigenvalue weighted by Crippen LogP contribution is 2.26. The quantitative estimate of drug-likeness (QED) is 0.831. The van der Waals surface area contributed by atoms with Crippen LogP contribution in [0.2, 0.25) is 5.02 Å². The molecule has 2 nitrogen and oxygen atoms in total. The van der Waals surface area contributed by atoms with Crippen LogP contribution in [0.1, 0.15) is 11.7 Å². The normalized spacial score (nSPS) is 14.1. The molecule has 0 bridgehead atoms. The maximum atomic E-state index is 10.0. The summed E-state index contributed by atoms with van der Waals surface area (Å²) in [5, 5.41) is 20.7. The van der Waals surface area contributed by atoms with Gasteiger partial charge in [-0.3, -0.25) is 0 Å². The topological polar surface area (TPSA) is 40.5 Å². The van der Waals surface area contributed by atoms with E-state index >= 15 is 0 Å². The van der Waals surface area contributed by atoms with E-state index in [1.165, 1.54) is 0 Å². The number of hydrogen-bond donors (Lipinski definition) is 2. The average molecular weight is 342 g/mol. The maximum Gasteiger partial charge on any atom is 0.106 e. The number of rotatable bonds is 4. The minimum absolute atomic E-state index is 0.333. The highest BCUT2D eigenvalue weighted by Gasteiger charge is 2.17. The Bertz CT molecular complexity index is 542. The summed E-state index contributed by atoms with van der Waals surface area (Å²) in [6.45, 7) is 0. The van der Waals surface area contributed by atoms with Gasteiger partial charge >= 0.3 is 0 Å². The highest BCUT2D eigenvalue weighted by atomic mass is 79.9. The molecule has 2 N–H and O–H groups in total. The van der Waals surface area contributed by atoms with E-state index in [0.29, 0.717) is 15.9 Å². The van der Waals surface area contributed by atoms with Crippen molar-refractivity contribution in [3.63, 3.8) is 0 Å². The molecule has 0 aliphatic carbocycles. The summed E-state index contributed by atoms with van der Waals surface area (Å²) in [4.78, 5) is 0. The largest absolute Gasteiger partial charge is 0.389 e. The summed E-state index contributed by atoms with van der Waals surface area (Å²) in [6.07, 6.45) is -1.72. The molecule has 19 heavy (non-hydrogen) atoms. The second-order valence-electron chi connectivity index (χ2n) is 4.30. The third-order valence-electron chi connectivity index (χ3n) is 2.93. The fourth-order valence-corrected chi connectivity index (χ4v) is 2.33. The van der Waals surface area contributed by atoms with Gasteiger partial charge in [-0.05, 0) is 34.9 Å². The SMILES string of the molecule is OC(CBr)C(O)c1cccc(-c2ccc(Cl)cc2)c1. The lowest BCUT2D eigenvalue weighted by atomic mass is 9.99. The van der Waals surface area contributed by atoms with Gasteiger partial charge in [-0.25, -0.2) is 0 Å². The van der Waals surface area contributed by atoms with Gasteiger partial charge in [-0.15, -0.1) is 0 Å². The number of aliphatic hydroxyl groups is 2. The molecule has 0 amide bonds. The van der Waals surface area contributed by atoms with E-state index in [9.17, 15) is 10.2 Å². The van der Waals surface area contributed by atoms with Crippen molar-refractivity contribution in [2.45, 2.75) is 12.2 Å². The van der Waals surface area contributed by atoms with Gasteiger partial charge in [-0.1, -0.05) is 57.9 Å². The van der Waals surface area contributed by atoms with Crippen LogP contribution in [-0.4, -0.2) is 21.6 Å². The van der Waals surface area contributed by atoms with Crippen molar-refractivity contribution >= 4 is 27.5 Å². The molecule has 2 unspecified atom stereocenters. The van der Waals surface area contributed by atoms with Crippen molar-refractivity contribution in [2.75, 3.05) is 5.33 Å². The van der Waals surface area contributed by atoms with Crippen molar-refractivity contribution in [1.82, 2.24) is 0 Å². The van der Waals surface area contributed by atoms with Crippen molar-refractivity contribution in [2.24, 2.45) is 0 Å². The lowest BCUT2D eigenvalue weighted by Gasteiger charge is -2.16. The van der Waals surface area contributed by atoms with Crippen molar-refractivity contribution in [1.29, 1.82) is 0 Å². The van der Waals surface area contributed by atoms with Gasteiger partial charge in [0.15, 0.2) is 0 Å². The lowest BCUT2D eigenvalue weighted by Crippen LogP contribution is -2.19. The van der Waals surface area contributed by atoms with Crippen molar-refractivity contribution < 1.29 is 10.2 Å².